The van der Waals surface area contributed by atoms with Gasteiger partial charge < -0.3 is 4.74 Å². The van der Waals surface area contributed by atoms with Crippen molar-refractivity contribution in [1.29, 1.82) is 0 Å². The molecule has 5 nitrogen and oxygen atoms in total. The van der Waals surface area contributed by atoms with E-state index in [1.54, 1.807) is 26.0 Å². The van der Waals surface area contributed by atoms with Crippen LogP contribution in [0.2, 0.25) is 0 Å². The fourth-order valence-corrected chi connectivity index (χ4v) is 3.97. The van der Waals surface area contributed by atoms with E-state index in [9.17, 15) is 13.2 Å². The van der Waals surface area contributed by atoms with Crippen LogP contribution < -0.4 is 0 Å². The minimum Gasteiger partial charge on any atom is -0.468 e. The quantitative estimate of drug-likeness (QED) is 0.754. The van der Waals surface area contributed by atoms with Gasteiger partial charge in [-0.15, -0.1) is 0 Å². The topological polar surface area (TPSA) is 63.7 Å². The lowest BCUT2D eigenvalue weighted by Gasteiger charge is -2.25. The van der Waals surface area contributed by atoms with Crippen molar-refractivity contribution in [3.63, 3.8) is 0 Å². The zero-order valence-corrected chi connectivity index (χ0v) is 14.8. The summed E-state index contributed by atoms with van der Waals surface area (Å²) in [6.07, 6.45) is 0. The number of rotatable bonds is 6. The first kappa shape index (κ1) is 18.2. The highest BCUT2D eigenvalue weighted by Crippen LogP contribution is 2.25. The fourth-order valence-electron chi connectivity index (χ4n) is 2.34. The van der Waals surface area contributed by atoms with Crippen LogP contribution in [0.5, 0.6) is 0 Å². The van der Waals surface area contributed by atoms with Gasteiger partial charge in [-0.05, 0) is 37.1 Å². The molecule has 24 heavy (non-hydrogen) atoms. The molecule has 0 bridgehead atoms. The molecule has 0 heterocycles. The summed E-state index contributed by atoms with van der Waals surface area (Å²) in [5.41, 5.74) is 1.73. The predicted molar refractivity (Wildman–Crippen MR) is 92.9 cm³/mol. The molecule has 0 unspecified atom stereocenters. The molecule has 2 aromatic rings. The van der Waals surface area contributed by atoms with Crippen LogP contribution in [0.3, 0.4) is 0 Å². The van der Waals surface area contributed by atoms with Crippen LogP contribution in [0.15, 0.2) is 59.5 Å². The molecule has 0 saturated heterocycles. The zero-order valence-electron chi connectivity index (χ0n) is 14.0. The minimum atomic E-state index is -3.80. The van der Waals surface area contributed by atoms with E-state index in [-0.39, 0.29) is 17.5 Å². The number of benzene rings is 2. The molecule has 128 valence electrons. The Morgan fingerprint density at radius 1 is 1.04 bits per heavy atom. The van der Waals surface area contributed by atoms with E-state index in [0.717, 1.165) is 15.4 Å². The summed E-state index contributed by atoms with van der Waals surface area (Å²) < 4.78 is 31.6. The highest BCUT2D eigenvalue weighted by atomic mass is 32.2. The van der Waals surface area contributed by atoms with Crippen LogP contribution in [0, 0.1) is 0 Å². The highest BCUT2D eigenvalue weighted by Gasteiger charge is 2.29. The first-order valence-corrected chi connectivity index (χ1v) is 9.04. The second kappa shape index (κ2) is 7.59. The third-order valence-electron chi connectivity index (χ3n) is 3.64. The Bertz CT molecular complexity index is 801. The minimum absolute atomic E-state index is 0.154. The van der Waals surface area contributed by atoms with Crippen LogP contribution in [-0.4, -0.2) is 38.4 Å². The maximum Gasteiger partial charge on any atom is 0.321 e. The maximum atomic E-state index is 12.9. The summed E-state index contributed by atoms with van der Waals surface area (Å²) in [6.45, 7) is 3.13. The monoisotopic (exact) mass is 347 g/mol. The predicted octanol–water partition coefficient (Wildman–Crippen LogP) is 2.93. The number of esters is 1. The molecule has 0 aliphatic rings. The standard InChI is InChI=1S/C18H21NO4S/c1-14(2)19(13-18(20)23-3)24(21,22)17-11-7-10-16(12-17)15-8-5-4-6-9-15/h4-12,14H,13H2,1-3H3. The van der Waals surface area contributed by atoms with Gasteiger partial charge in [0.2, 0.25) is 10.0 Å². The van der Waals surface area contributed by atoms with Gasteiger partial charge in [-0.2, -0.15) is 4.31 Å². The number of hydrogen-bond acceptors (Lipinski definition) is 4. The third-order valence-corrected chi connectivity index (χ3v) is 5.65. The number of carbonyl (C=O) groups excluding carboxylic acids is 1. The van der Waals surface area contributed by atoms with Gasteiger partial charge in [-0.25, -0.2) is 8.42 Å². The van der Waals surface area contributed by atoms with Crippen LogP contribution in [0.25, 0.3) is 11.1 Å². The molecule has 2 rings (SSSR count). The highest BCUT2D eigenvalue weighted by molar-refractivity contribution is 7.89. The van der Waals surface area contributed by atoms with Gasteiger partial charge in [-0.1, -0.05) is 42.5 Å². The summed E-state index contributed by atoms with van der Waals surface area (Å²) in [7, 11) is -2.56. The first-order valence-electron chi connectivity index (χ1n) is 7.60. The molecule has 0 N–H and O–H groups in total. The molecule has 6 heteroatoms. The van der Waals surface area contributed by atoms with E-state index < -0.39 is 16.0 Å². The van der Waals surface area contributed by atoms with Crippen molar-refractivity contribution in [2.45, 2.75) is 24.8 Å². The Balaban J connectivity index is 2.43. The van der Waals surface area contributed by atoms with Crippen molar-refractivity contribution >= 4 is 16.0 Å². The summed E-state index contributed by atoms with van der Waals surface area (Å²) in [4.78, 5) is 11.7. The smallest absolute Gasteiger partial charge is 0.321 e. The lowest BCUT2D eigenvalue weighted by molar-refractivity contribution is -0.141. The molecule has 0 atom stereocenters. The molecule has 0 spiro atoms. The number of sulfonamides is 1. The van der Waals surface area contributed by atoms with Gasteiger partial charge in [0, 0.05) is 6.04 Å². The van der Waals surface area contributed by atoms with Gasteiger partial charge in [0.15, 0.2) is 0 Å². The van der Waals surface area contributed by atoms with Crippen molar-refractivity contribution in [3.8, 4) is 11.1 Å². The SMILES string of the molecule is COC(=O)CN(C(C)C)S(=O)(=O)c1cccc(-c2ccccc2)c1. The number of nitrogens with zero attached hydrogens (tertiary/aromatic N) is 1. The molecule has 0 aliphatic heterocycles. The second-order valence-electron chi connectivity index (χ2n) is 5.61. The fraction of sp³-hybridized carbons (Fsp3) is 0.278. The molecule has 0 amide bonds. The lowest BCUT2D eigenvalue weighted by atomic mass is 10.1. The molecule has 0 saturated carbocycles. The Morgan fingerprint density at radius 3 is 2.25 bits per heavy atom. The average molecular weight is 347 g/mol. The lowest BCUT2D eigenvalue weighted by Crippen LogP contribution is -2.41. The second-order valence-corrected chi connectivity index (χ2v) is 7.50. The molecule has 0 fully saturated rings. The molecule has 0 aromatic heterocycles. The summed E-state index contributed by atoms with van der Waals surface area (Å²) in [5.74, 6) is -0.591. The van der Waals surface area contributed by atoms with Gasteiger partial charge in [0.1, 0.15) is 6.54 Å². The average Bonchev–Trinajstić information content (AvgIpc) is 2.59. The normalized spacial score (nSPS) is 11.7. The molecule has 0 aliphatic carbocycles. The largest absolute Gasteiger partial charge is 0.468 e. The Morgan fingerprint density at radius 2 is 1.67 bits per heavy atom. The summed E-state index contributed by atoms with van der Waals surface area (Å²) in [5, 5.41) is 0. The number of ether oxygens (including phenoxy) is 1. The van der Waals surface area contributed by atoms with Gasteiger partial charge in [-0.3, -0.25) is 4.79 Å². The van der Waals surface area contributed by atoms with Crippen LogP contribution in [0.1, 0.15) is 13.8 Å². The molecular formula is C18H21NO4S. The summed E-state index contributed by atoms with van der Waals surface area (Å²) >= 11 is 0. The van der Waals surface area contributed by atoms with Crippen LogP contribution in [0.4, 0.5) is 0 Å². The van der Waals surface area contributed by atoms with E-state index in [4.69, 9.17) is 0 Å². The third kappa shape index (κ3) is 4.01. The van der Waals surface area contributed by atoms with Crippen molar-refractivity contribution in [1.82, 2.24) is 4.31 Å². The molecule has 0 radical (unpaired) electrons. The Kier molecular flexibility index (Phi) is 5.75. The van der Waals surface area contributed by atoms with E-state index in [1.807, 2.05) is 36.4 Å². The van der Waals surface area contributed by atoms with Crippen LogP contribution >= 0.6 is 0 Å². The number of carbonyl (C=O) groups is 1. The maximum absolute atomic E-state index is 12.9. The van der Waals surface area contributed by atoms with Crippen molar-refractivity contribution < 1.29 is 17.9 Å². The first-order chi connectivity index (χ1) is 11.4. The van der Waals surface area contributed by atoms with E-state index >= 15 is 0 Å². The van der Waals surface area contributed by atoms with Crippen molar-refractivity contribution in [2.24, 2.45) is 0 Å². The zero-order chi connectivity index (χ0) is 17.7. The van der Waals surface area contributed by atoms with Gasteiger partial charge in [0.25, 0.3) is 0 Å². The molecular weight excluding hydrogens is 326 g/mol. The molecule has 2 aromatic carbocycles. The Labute approximate surface area is 142 Å². The van der Waals surface area contributed by atoms with E-state index in [0.29, 0.717) is 0 Å². The Hall–Kier alpha value is -2.18. The van der Waals surface area contributed by atoms with Crippen LogP contribution in [-0.2, 0) is 19.6 Å². The van der Waals surface area contributed by atoms with E-state index in [1.165, 1.54) is 13.2 Å². The number of hydrogen-bond donors (Lipinski definition) is 0. The van der Waals surface area contributed by atoms with E-state index in [2.05, 4.69) is 4.74 Å². The van der Waals surface area contributed by atoms with Gasteiger partial charge >= 0.3 is 5.97 Å². The summed E-state index contributed by atoms with van der Waals surface area (Å²) in [6, 6.07) is 15.9. The van der Waals surface area contributed by atoms with Crippen molar-refractivity contribution in [3.05, 3.63) is 54.6 Å². The van der Waals surface area contributed by atoms with Crippen molar-refractivity contribution in [2.75, 3.05) is 13.7 Å². The number of methoxy groups -OCH3 is 1. The van der Waals surface area contributed by atoms with Gasteiger partial charge in [0.05, 0.1) is 12.0 Å².